The van der Waals surface area contributed by atoms with Crippen LogP contribution in [0.5, 0.6) is 0 Å². The van der Waals surface area contributed by atoms with E-state index in [-0.39, 0.29) is 11.4 Å². The Morgan fingerprint density at radius 1 is 1.47 bits per heavy atom. The second kappa shape index (κ2) is 4.36. The molecule has 0 amide bonds. The first-order valence-corrected chi connectivity index (χ1v) is 4.23. The largest absolute Gasteiger partial charge is 0.434 e. The SMILES string of the molecule is Nc1ncc(C#CCCl)c(C(F)(F)F)n1. The number of hydrogen-bond acceptors (Lipinski definition) is 3. The van der Waals surface area contributed by atoms with Crippen LogP contribution in [0.3, 0.4) is 0 Å². The number of hydrogen-bond donors (Lipinski definition) is 1. The van der Waals surface area contributed by atoms with E-state index >= 15 is 0 Å². The number of halogens is 4. The van der Waals surface area contributed by atoms with Crippen molar-refractivity contribution >= 4 is 17.5 Å². The molecule has 2 N–H and O–H groups in total. The molecule has 0 aliphatic carbocycles. The Morgan fingerprint density at radius 2 is 2.13 bits per heavy atom. The molecule has 0 spiro atoms. The van der Waals surface area contributed by atoms with Gasteiger partial charge in [-0.15, -0.1) is 11.6 Å². The summed E-state index contributed by atoms with van der Waals surface area (Å²) in [6.45, 7) is 0. The molecule has 0 aromatic carbocycles. The molecular formula is C8H5ClF3N3. The van der Waals surface area contributed by atoms with Crippen LogP contribution in [-0.2, 0) is 6.18 Å². The van der Waals surface area contributed by atoms with E-state index in [1.54, 1.807) is 0 Å². The van der Waals surface area contributed by atoms with E-state index in [4.69, 9.17) is 17.3 Å². The zero-order valence-electron chi connectivity index (χ0n) is 7.27. The summed E-state index contributed by atoms with van der Waals surface area (Å²) in [5.74, 6) is 3.99. The summed E-state index contributed by atoms with van der Waals surface area (Å²) in [7, 11) is 0. The summed E-state index contributed by atoms with van der Waals surface area (Å²) in [5.41, 5.74) is 3.57. The Labute approximate surface area is 88.5 Å². The van der Waals surface area contributed by atoms with Crippen molar-refractivity contribution in [2.24, 2.45) is 0 Å². The van der Waals surface area contributed by atoms with Crippen molar-refractivity contribution in [3.63, 3.8) is 0 Å². The fourth-order valence-electron chi connectivity index (χ4n) is 0.832. The van der Waals surface area contributed by atoms with Gasteiger partial charge in [-0.2, -0.15) is 13.2 Å². The summed E-state index contributed by atoms with van der Waals surface area (Å²) in [6.07, 6.45) is -3.68. The maximum Gasteiger partial charge on any atom is 0.434 e. The van der Waals surface area contributed by atoms with Gasteiger partial charge in [-0.1, -0.05) is 11.8 Å². The van der Waals surface area contributed by atoms with Gasteiger partial charge in [-0.25, -0.2) is 9.97 Å². The van der Waals surface area contributed by atoms with E-state index in [0.29, 0.717) is 0 Å². The van der Waals surface area contributed by atoms with Gasteiger partial charge in [-0.3, -0.25) is 0 Å². The second-order valence-electron chi connectivity index (χ2n) is 2.42. The molecule has 7 heteroatoms. The predicted molar refractivity (Wildman–Crippen MR) is 49.0 cm³/mol. The molecule has 0 unspecified atom stereocenters. The lowest BCUT2D eigenvalue weighted by molar-refractivity contribution is -0.141. The molecule has 80 valence electrons. The third kappa shape index (κ3) is 2.99. The molecular weight excluding hydrogens is 231 g/mol. The van der Waals surface area contributed by atoms with Crippen LogP contribution in [0.4, 0.5) is 19.1 Å². The van der Waals surface area contributed by atoms with E-state index in [0.717, 1.165) is 6.20 Å². The molecule has 1 rings (SSSR count). The number of aromatic nitrogens is 2. The van der Waals surface area contributed by atoms with Gasteiger partial charge in [0.15, 0.2) is 5.69 Å². The van der Waals surface area contributed by atoms with Crippen molar-refractivity contribution in [3.8, 4) is 11.8 Å². The molecule has 3 nitrogen and oxygen atoms in total. The highest BCUT2D eigenvalue weighted by molar-refractivity contribution is 6.19. The van der Waals surface area contributed by atoms with Crippen LogP contribution >= 0.6 is 11.6 Å². The van der Waals surface area contributed by atoms with E-state index in [1.807, 2.05) is 0 Å². The quantitative estimate of drug-likeness (QED) is 0.550. The third-order valence-corrected chi connectivity index (χ3v) is 1.50. The number of nitrogen functional groups attached to an aromatic ring is 1. The molecule has 0 saturated heterocycles. The highest BCUT2D eigenvalue weighted by atomic mass is 35.5. The van der Waals surface area contributed by atoms with Crippen molar-refractivity contribution in [2.75, 3.05) is 11.6 Å². The standard InChI is InChI=1S/C8H5ClF3N3/c9-3-1-2-5-4-14-7(13)15-6(5)8(10,11)12/h4H,3H2,(H2,13,14,15). The van der Waals surface area contributed by atoms with E-state index in [9.17, 15) is 13.2 Å². The zero-order chi connectivity index (χ0) is 11.5. The Kier molecular flexibility index (Phi) is 3.37. The van der Waals surface area contributed by atoms with Crippen LogP contribution in [0, 0.1) is 11.8 Å². The second-order valence-corrected chi connectivity index (χ2v) is 2.69. The highest BCUT2D eigenvalue weighted by Gasteiger charge is 2.35. The van der Waals surface area contributed by atoms with Crippen LogP contribution in [0.1, 0.15) is 11.3 Å². The fraction of sp³-hybridized carbons (Fsp3) is 0.250. The smallest absolute Gasteiger partial charge is 0.368 e. The van der Waals surface area contributed by atoms with Gasteiger partial charge in [0.25, 0.3) is 0 Å². The van der Waals surface area contributed by atoms with Gasteiger partial charge >= 0.3 is 6.18 Å². The van der Waals surface area contributed by atoms with Crippen LogP contribution in [-0.4, -0.2) is 15.8 Å². The molecule has 0 aliphatic heterocycles. The normalized spacial score (nSPS) is 10.7. The van der Waals surface area contributed by atoms with Crippen molar-refractivity contribution in [2.45, 2.75) is 6.18 Å². The number of nitrogens with zero attached hydrogens (tertiary/aromatic N) is 2. The van der Waals surface area contributed by atoms with E-state index in [2.05, 4.69) is 21.8 Å². The highest BCUT2D eigenvalue weighted by Crippen LogP contribution is 2.29. The molecule has 1 aromatic heterocycles. The van der Waals surface area contributed by atoms with Crippen molar-refractivity contribution < 1.29 is 13.2 Å². The molecule has 0 saturated carbocycles. The summed E-state index contributed by atoms with van der Waals surface area (Å²) in [4.78, 5) is 6.52. The molecule has 0 bridgehead atoms. The number of nitrogens with two attached hydrogens (primary N) is 1. The first-order chi connectivity index (χ1) is 6.95. The predicted octanol–water partition coefficient (Wildman–Crippen LogP) is 1.67. The minimum atomic E-state index is -4.60. The molecule has 15 heavy (non-hydrogen) atoms. The molecule has 0 aliphatic rings. The maximum atomic E-state index is 12.4. The maximum absolute atomic E-state index is 12.4. The summed E-state index contributed by atoms with van der Waals surface area (Å²) in [6, 6.07) is 0. The monoisotopic (exact) mass is 235 g/mol. The Morgan fingerprint density at radius 3 is 2.67 bits per heavy atom. The van der Waals surface area contributed by atoms with Gasteiger partial charge in [0.2, 0.25) is 5.95 Å². The molecule has 0 fully saturated rings. The van der Waals surface area contributed by atoms with Crippen LogP contribution in [0.2, 0.25) is 0 Å². The number of anilines is 1. The Hall–Kier alpha value is -1.48. The number of rotatable bonds is 0. The summed E-state index contributed by atoms with van der Waals surface area (Å²) >= 11 is 5.23. The van der Waals surface area contributed by atoms with Crippen LogP contribution in [0.15, 0.2) is 6.20 Å². The van der Waals surface area contributed by atoms with Gasteiger partial charge < -0.3 is 5.73 Å². The lowest BCUT2D eigenvalue weighted by Gasteiger charge is -2.07. The topological polar surface area (TPSA) is 51.8 Å². The van der Waals surface area contributed by atoms with Crippen LogP contribution < -0.4 is 5.73 Å². The lowest BCUT2D eigenvalue weighted by atomic mass is 10.2. The number of alkyl halides is 4. The van der Waals surface area contributed by atoms with Crippen molar-refractivity contribution in [3.05, 3.63) is 17.5 Å². The fourth-order valence-corrected chi connectivity index (χ4v) is 0.898. The Balaban J connectivity index is 3.27. The summed E-state index contributed by atoms with van der Waals surface area (Å²) in [5, 5.41) is 0. The van der Waals surface area contributed by atoms with Crippen molar-refractivity contribution in [1.82, 2.24) is 9.97 Å². The minimum absolute atomic E-state index is 0.0678. The first-order valence-electron chi connectivity index (χ1n) is 3.69. The van der Waals surface area contributed by atoms with E-state index < -0.39 is 17.8 Å². The molecule has 1 heterocycles. The zero-order valence-corrected chi connectivity index (χ0v) is 8.02. The van der Waals surface area contributed by atoms with E-state index in [1.165, 1.54) is 0 Å². The molecule has 0 atom stereocenters. The third-order valence-electron chi connectivity index (χ3n) is 1.37. The van der Waals surface area contributed by atoms with Gasteiger partial charge in [0.1, 0.15) is 0 Å². The van der Waals surface area contributed by atoms with Crippen molar-refractivity contribution in [1.29, 1.82) is 0 Å². The van der Waals surface area contributed by atoms with Gasteiger partial charge in [0.05, 0.1) is 11.4 Å². The molecule has 1 aromatic rings. The average molecular weight is 236 g/mol. The van der Waals surface area contributed by atoms with Gasteiger partial charge in [0, 0.05) is 6.20 Å². The Bertz CT molecular complexity index is 419. The average Bonchev–Trinajstić information content (AvgIpc) is 2.14. The minimum Gasteiger partial charge on any atom is -0.368 e. The van der Waals surface area contributed by atoms with Crippen LogP contribution in [0.25, 0.3) is 0 Å². The molecule has 0 radical (unpaired) electrons. The van der Waals surface area contributed by atoms with Gasteiger partial charge in [-0.05, 0) is 0 Å². The summed E-state index contributed by atoms with van der Waals surface area (Å²) < 4.78 is 37.2. The lowest BCUT2D eigenvalue weighted by Crippen LogP contribution is -2.13. The first kappa shape index (κ1) is 11.6.